The molecule has 3 aromatic rings. The van der Waals surface area contributed by atoms with Crippen molar-refractivity contribution in [2.75, 3.05) is 20.1 Å². The third-order valence-electron chi connectivity index (χ3n) is 5.53. The number of rotatable bonds is 7. The number of likely N-dealkylation sites (tertiary alicyclic amines) is 1. The molecule has 1 aliphatic rings. The maximum absolute atomic E-state index is 10.8. The molecule has 1 saturated heterocycles. The molecular formula is C26H27NO3. The second-order valence-corrected chi connectivity index (χ2v) is 7.82. The lowest BCUT2D eigenvalue weighted by Gasteiger charge is -2.29. The summed E-state index contributed by atoms with van der Waals surface area (Å²) in [6.07, 6.45) is 3.34. The molecule has 1 aliphatic heterocycles. The van der Waals surface area contributed by atoms with Crippen LogP contribution >= 0.6 is 0 Å². The van der Waals surface area contributed by atoms with Gasteiger partial charge in [-0.3, -0.25) is 4.79 Å². The van der Waals surface area contributed by atoms with E-state index in [1.54, 1.807) is 0 Å². The number of carbonyl (C=O) groups is 1. The van der Waals surface area contributed by atoms with Gasteiger partial charge in [-0.2, -0.15) is 0 Å². The van der Waals surface area contributed by atoms with Crippen LogP contribution in [0.5, 0.6) is 11.5 Å². The second kappa shape index (κ2) is 9.59. The SMILES string of the molecule is CN1CCC(Oc2ccc(COc3ccc(-c4ccc(C=O)cc4)cc3)cc2)CC1. The quantitative estimate of drug-likeness (QED) is 0.509. The first-order valence-corrected chi connectivity index (χ1v) is 10.4. The Morgan fingerprint density at radius 1 is 0.833 bits per heavy atom. The first-order valence-electron chi connectivity index (χ1n) is 10.4. The molecule has 154 valence electrons. The zero-order chi connectivity index (χ0) is 20.8. The Morgan fingerprint density at radius 3 is 2.00 bits per heavy atom. The number of benzene rings is 3. The number of piperidine rings is 1. The summed E-state index contributed by atoms with van der Waals surface area (Å²) in [6.45, 7) is 2.71. The topological polar surface area (TPSA) is 38.8 Å². The number of hydrogen-bond donors (Lipinski definition) is 0. The molecule has 0 aliphatic carbocycles. The van der Waals surface area contributed by atoms with Crippen LogP contribution in [0.2, 0.25) is 0 Å². The molecule has 4 heteroatoms. The Morgan fingerprint density at radius 2 is 1.40 bits per heavy atom. The third-order valence-corrected chi connectivity index (χ3v) is 5.53. The van der Waals surface area contributed by atoms with Crippen molar-refractivity contribution in [2.24, 2.45) is 0 Å². The largest absolute Gasteiger partial charge is 0.490 e. The van der Waals surface area contributed by atoms with Gasteiger partial charge in [0.1, 0.15) is 30.5 Å². The van der Waals surface area contributed by atoms with Gasteiger partial charge in [0.2, 0.25) is 0 Å². The minimum atomic E-state index is 0.316. The fourth-order valence-electron chi connectivity index (χ4n) is 3.62. The van der Waals surface area contributed by atoms with Gasteiger partial charge >= 0.3 is 0 Å². The van der Waals surface area contributed by atoms with Gasteiger partial charge < -0.3 is 14.4 Å². The highest BCUT2D eigenvalue weighted by atomic mass is 16.5. The summed E-state index contributed by atoms with van der Waals surface area (Å²) in [5.74, 6) is 1.76. The lowest BCUT2D eigenvalue weighted by molar-refractivity contribution is 0.112. The van der Waals surface area contributed by atoms with E-state index < -0.39 is 0 Å². The van der Waals surface area contributed by atoms with Crippen LogP contribution in [0.25, 0.3) is 11.1 Å². The van der Waals surface area contributed by atoms with E-state index >= 15 is 0 Å². The first-order chi connectivity index (χ1) is 14.7. The monoisotopic (exact) mass is 401 g/mol. The van der Waals surface area contributed by atoms with Crippen molar-refractivity contribution >= 4 is 6.29 Å². The van der Waals surface area contributed by atoms with Gasteiger partial charge in [0, 0.05) is 18.7 Å². The number of aldehydes is 1. The van der Waals surface area contributed by atoms with E-state index in [4.69, 9.17) is 9.47 Å². The van der Waals surface area contributed by atoms with E-state index in [0.717, 1.165) is 60.4 Å². The maximum Gasteiger partial charge on any atom is 0.150 e. The van der Waals surface area contributed by atoms with Gasteiger partial charge in [0.15, 0.2) is 0 Å². The highest BCUT2D eigenvalue weighted by molar-refractivity contribution is 5.77. The molecule has 0 spiro atoms. The zero-order valence-corrected chi connectivity index (χ0v) is 17.3. The van der Waals surface area contributed by atoms with E-state index in [0.29, 0.717) is 18.3 Å². The van der Waals surface area contributed by atoms with E-state index in [9.17, 15) is 4.79 Å². The van der Waals surface area contributed by atoms with Crippen LogP contribution in [-0.4, -0.2) is 37.4 Å². The zero-order valence-electron chi connectivity index (χ0n) is 17.3. The number of ether oxygens (including phenoxy) is 2. The maximum atomic E-state index is 10.8. The fraction of sp³-hybridized carbons (Fsp3) is 0.269. The van der Waals surface area contributed by atoms with E-state index in [1.165, 1.54) is 0 Å². The van der Waals surface area contributed by atoms with Crippen molar-refractivity contribution in [1.82, 2.24) is 4.90 Å². The van der Waals surface area contributed by atoms with E-state index in [2.05, 4.69) is 24.1 Å². The first kappa shape index (κ1) is 20.2. The Bertz CT molecular complexity index is 941. The molecule has 0 atom stereocenters. The Kier molecular flexibility index (Phi) is 6.45. The number of nitrogens with zero attached hydrogens (tertiary/aromatic N) is 1. The van der Waals surface area contributed by atoms with Crippen LogP contribution in [0, 0.1) is 0 Å². The molecular weight excluding hydrogens is 374 g/mol. The van der Waals surface area contributed by atoms with Crippen LogP contribution < -0.4 is 9.47 Å². The summed E-state index contributed by atoms with van der Waals surface area (Å²) in [6, 6.07) is 23.8. The average molecular weight is 402 g/mol. The van der Waals surface area contributed by atoms with Gasteiger partial charge in [-0.25, -0.2) is 0 Å². The molecule has 0 aromatic heterocycles. The predicted octanol–water partition coefficient (Wildman–Crippen LogP) is 5.22. The van der Waals surface area contributed by atoms with Gasteiger partial charge in [0.25, 0.3) is 0 Å². The van der Waals surface area contributed by atoms with Crippen molar-refractivity contribution in [3.8, 4) is 22.6 Å². The molecule has 0 unspecified atom stereocenters. The molecule has 0 radical (unpaired) electrons. The Labute approximate surface area is 178 Å². The van der Waals surface area contributed by atoms with Gasteiger partial charge in [-0.05, 0) is 60.8 Å². The van der Waals surface area contributed by atoms with Crippen molar-refractivity contribution < 1.29 is 14.3 Å². The lowest BCUT2D eigenvalue weighted by Crippen LogP contribution is -2.35. The normalized spacial score (nSPS) is 15.0. The third kappa shape index (κ3) is 5.28. The summed E-state index contributed by atoms with van der Waals surface area (Å²) >= 11 is 0. The molecule has 0 saturated carbocycles. The molecule has 0 bridgehead atoms. The van der Waals surface area contributed by atoms with E-state index in [1.807, 2.05) is 60.7 Å². The molecule has 0 N–H and O–H groups in total. The van der Waals surface area contributed by atoms with E-state index in [-0.39, 0.29) is 0 Å². The Balaban J connectivity index is 1.29. The number of carbonyl (C=O) groups excluding carboxylic acids is 1. The molecule has 4 nitrogen and oxygen atoms in total. The average Bonchev–Trinajstić information content (AvgIpc) is 2.80. The summed E-state index contributed by atoms with van der Waals surface area (Å²) in [5, 5.41) is 0. The fourth-order valence-corrected chi connectivity index (χ4v) is 3.62. The van der Waals surface area contributed by atoms with Crippen LogP contribution in [-0.2, 0) is 6.61 Å². The minimum Gasteiger partial charge on any atom is -0.490 e. The lowest BCUT2D eigenvalue weighted by atomic mass is 10.0. The Hall–Kier alpha value is -3.11. The van der Waals surface area contributed by atoms with Crippen LogP contribution in [0.4, 0.5) is 0 Å². The van der Waals surface area contributed by atoms with Gasteiger partial charge in [-0.15, -0.1) is 0 Å². The van der Waals surface area contributed by atoms with Crippen LogP contribution in [0.15, 0.2) is 72.8 Å². The summed E-state index contributed by atoms with van der Waals surface area (Å²) < 4.78 is 12.0. The van der Waals surface area contributed by atoms with Crippen LogP contribution in [0.1, 0.15) is 28.8 Å². The summed E-state index contributed by atoms with van der Waals surface area (Å²) in [4.78, 5) is 13.1. The number of hydrogen-bond acceptors (Lipinski definition) is 4. The van der Waals surface area contributed by atoms with Crippen molar-refractivity contribution in [3.05, 3.63) is 83.9 Å². The molecule has 1 heterocycles. The van der Waals surface area contributed by atoms with Crippen molar-refractivity contribution in [2.45, 2.75) is 25.6 Å². The predicted molar refractivity (Wildman–Crippen MR) is 119 cm³/mol. The van der Waals surface area contributed by atoms with Crippen LogP contribution in [0.3, 0.4) is 0 Å². The molecule has 30 heavy (non-hydrogen) atoms. The molecule has 0 amide bonds. The molecule has 3 aromatic carbocycles. The summed E-state index contributed by atoms with van der Waals surface area (Å²) in [7, 11) is 2.16. The molecule has 4 rings (SSSR count). The minimum absolute atomic E-state index is 0.316. The second-order valence-electron chi connectivity index (χ2n) is 7.82. The van der Waals surface area contributed by atoms with Crippen molar-refractivity contribution in [1.29, 1.82) is 0 Å². The van der Waals surface area contributed by atoms with Gasteiger partial charge in [0.05, 0.1) is 0 Å². The highest BCUT2D eigenvalue weighted by Gasteiger charge is 2.17. The standard InChI is InChI=1S/C26H27NO3/c1-27-16-14-26(15-17-27)30-25-10-4-21(5-11-25)19-29-24-12-8-23(9-13-24)22-6-2-20(18-28)3-7-22/h2-13,18,26H,14-17,19H2,1H3. The highest BCUT2D eigenvalue weighted by Crippen LogP contribution is 2.24. The van der Waals surface area contributed by atoms with Crippen molar-refractivity contribution in [3.63, 3.8) is 0 Å². The molecule has 1 fully saturated rings. The smallest absolute Gasteiger partial charge is 0.150 e. The van der Waals surface area contributed by atoms with Gasteiger partial charge in [-0.1, -0.05) is 48.5 Å². The summed E-state index contributed by atoms with van der Waals surface area (Å²) in [5.41, 5.74) is 3.96.